The first-order valence-electron chi connectivity index (χ1n) is 6.43. The molecule has 0 unspecified atom stereocenters. The van der Waals surface area contributed by atoms with Crippen LogP contribution in [0, 0.1) is 12.8 Å². The van der Waals surface area contributed by atoms with Crippen LogP contribution in [-0.4, -0.2) is 17.7 Å². The van der Waals surface area contributed by atoms with Crippen molar-refractivity contribution in [3.8, 4) is 5.75 Å². The number of aliphatic carboxylic acids is 1. The van der Waals surface area contributed by atoms with Gasteiger partial charge in [-0.3, -0.25) is 4.79 Å². The highest BCUT2D eigenvalue weighted by atomic mass is 16.5. The van der Waals surface area contributed by atoms with Crippen molar-refractivity contribution in [2.45, 2.75) is 40.0 Å². The van der Waals surface area contributed by atoms with Crippen LogP contribution in [0.15, 0.2) is 18.2 Å². The van der Waals surface area contributed by atoms with Gasteiger partial charge in [0.25, 0.3) is 0 Å². The molecule has 100 valence electrons. The standard InChI is InChI=1S/C15H22O3/c1-11(2)10-18-14-8-7-13(9-12(14)3)5-4-6-15(16)17/h7-9,11H,4-6,10H2,1-3H3,(H,16,17). The molecule has 18 heavy (non-hydrogen) atoms. The maximum Gasteiger partial charge on any atom is 0.303 e. The first-order valence-corrected chi connectivity index (χ1v) is 6.43. The monoisotopic (exact) mass is 250 g/mol. The van der Waals surface area contributed by atoms with E-state index < -0.39 is 5.97 Å². The van der Waals surface area contributed by atoms with E-state index in [2.05, 4.69) is 19.9 Å². The summed E-state index contributed by atoms with van der Waals surface area (Å²) in [6.45, 7) is 6.99. The minimum absolute atomic E-state index is 0.227. The van der Waals surface area contributed by atoms with Crippen LogP contribution in [0.5, 0.6) is 5.75 Å². The van der Waals surface area contributed by atoms with E-state index in [0.29, 0.717) is 12.3 Å². The van der Waals surface area contributed by atoms with E-state index in [0.717, 1.165) is 24.3 Å². The zero-order chi connectivity index (χ0) is 13.5. The van der Waals surface area contributed by atoms with Crippen LogP contribution in [0.4, 0.5) is 0 Å². The van der Waals surface area contributed by atoms with Crippen molar-refractivity contribution in [2.24, 2.45) is 5.92 Å². The molecule has 3 nitrogen and oxygen atoms in total. The van der Waals surface area contributed by atoms with Crippen molar-refractivity contribution in [1.82, 2.24) is 0 Å². The third kappa shape index (κ3) is 5.21. The Bertz CT molecular complexity index is 397. The molecule has 0 aliphatic rings. The number of carboxylic acid groups (broad SMARTS) is 1. The highest BCUT2D eigenvalue weighted by Gasteiger charge is 2.04. The van der Waals surface area contributed by atoms with Crippen LogP contribution < -0.4 is 4.74 Å². The third-order valence-corrected chi connectivity index (χ3v) is 2.67. The largest absolute Gasteiger partial charge is 0.493 e. The SMILES string of the molecule is Cc1cc(CCCC(=O)O)ccc1OCC(C)C. The lowest BCUT2D eigenvalue weighted by Gasteiger charge is -2.12. The smallest absolute Gasteiger partial charge is 0.303 e. The summed E-state index contributed by atoms with van der Waals surface area (Å²) < 4.78 is 5.70. The van der Waals surface area contributed by atoms with Crippen molar-refractivity contribution in [2.75, 3.05) is 6.61 Å². The first kappa shape index (κ1) is 14.6. The van der Waals surface area contributed by atoms with E-state index in [4.69, 9.17) is 9.84 Å². The van der Waals surface area contributed by atoms with Crippen LogP contribution in [0.3, 0.4) is 0 Å². The van der Waals surface area contributed by atoms with E-state index in [1.165, 1.54) is 5.56 Å². The second-order valence-corrected chi connectivity index (χ2v) is 5.05. The molecule has 0 saturated carbocycles. The van der Waals surface area contributed by atoms with E-state index in [-0.39, 0.29) is 6.42 Å². The molecule has 0 aliphatic carbocycles. The second-order valence-electron chi connectivity index (χ2n) is 5.05. The molecule has 1 N–H and O–H groups in total. The summed E-state index contributed by atoms with van der Waals surface area (Å²) in [5.41, 5.74) is 2.29. The van der Waals surface area contributed by atoms with Crippen LogP contribution in [0.2, 0.25) is 0 Å². The molecular formula is C15H22O3. The van der Waals surface area contributed by atoms with Crippen molar-refractivity contribution in [3.05, 3.63) is 29.3 Å². The molecule has 0 fully saturated rings. The van der Waals surface area contributed by atoms with Gasteiger partial charge < -0.3 is 9.84 Å². The van der Waals surface area contributed by atoms with Gasteiger partial charge in [-0.25, -0.2) is 0 Å². The lowest BCUT2D eigenvalue weighted by Crippen LogP contribution is -2.05. The number of aryl methyl sites for hydroxylation is 2. The maximum absolute atomic E-state index is 10.4. The zero-order valence-corrected chi connectivity index (χ0v) is 11.4. The van der Waals surface area contributed by atoms with E-state index >= 15 is 0 Å². The molecule has 0 bridgehead atoms. The summed E-state index contributed by atoms with van der Waals surface area (Å²) in [4.78, 5) is 10.4. The average molecular weight is 250 g/mol. The molecule has 0 heterocycles. The summed E-state index contributed by atoms with van der Waals surface area (Å²) in [5, 5.41) is 8.59. The lowest BCUT2D eigenvalue weighted by atomic mass is 10.1. The topological polar surface area (TPSA) is 46.5 Å². The molecule has 0 aliphatic heterocycles. The Morgan fingerprint density at radius 1 is 1.39 bits per heavy atom. The van der Waals surface area contributed by atoms with Crippen LogP contribution in [0.1, 0.15) is 37.8 Å². The molecule has 0 aromatic heterocycles. The molecule has 1 rings (SSSR count). The van der Waals surface area contributed by atoms with Gasteiger partial charge in [-0.15, -0.1) is 0 Å². The zero-order valence-electron chi connectivity index (χ0n) is 11.4. The highest BCUT2D eigenvalue weighted by molar-refractivity contribution is 5.66. The Morgan fingerprint density at radius 3 is 2.67 bits per heavy atom. The number of ether oxygens (including phenoxy) is 1. The summed E-state index contributed by atoms with van der Waals surface area (Å²) in [6, 6.07) is 6.08. The van der Waals surface area contributed by atoms with Gasteiger partial charge in [-0.2, -0.15) is 0 Å². The predicted molar refractivity (Wildman–Crippen MR) is 72.1 cm³/mol. The molecule has 1 aromatic carbocycles. The van der Waals surface area contributed by atoms with Crippen molar-refractivity contribution >= 4 is 5.97 Å². The van der Waals surface area contributed by atoms with Crippen molar-refractivity contribution in [3.63, 3.8) is 0 Å². The number of hydrogen-bond donors (Lipinski definition) is 1. The predicted octanol–water partition coefficient (Wildman–Crippen LogP) is 3.44. The van der Waals surface area contributed by atoms with Gasteiger partial charge in [0, 0.05) is 6.42 Å². The molecule has 0 amide bonds. The Labute approximate surface area is 109 Å². The molecule has 0 radical (unpaired) electrons. The van der Waals surface area contributed by atoms with Gasteiger partial charge in [-0.05, 0) is 42.9 Å². The summed E-state index contributed by atoms with van der Waals surface area (Å²) >= 11 is 0. The Hall–Kier alpha value is -1.51. The Balaban J connectivity index is 2.53. The maximum atomic E-state index is 10.4. The molecule has 1 aromatic rings. The highest BCUT2D eigenvalue weighted by Crippen LogP contribution is 2.20. The fourth-order valence-electron chi connectivity index (χ4n) is 1.73. The van der Waals surface area contributed by atoms with E-state index in [1.54, 1.807) is 0 Å². The summed E-state index contributed by atoms with van der Waals surface area (Å²) in [6.07, 6.45) is 1.71. The number of carbonyl (C=O) groups is 1. The van der Waals surface area contributed by atoms with Gasteiger partial charge in [0.1, 0.15) is 5.75 Å². The molecular weight excluding hydrogens is 228 g/mol. The molecule has 0 atom stereocenters. The molecule has 3 heteroatoms. The van der Waals surface area contributed by atoms with Crippen molar-refractivity contribution < 1.29 is 14.6 Å². The fourth-order valence-corrected chi connectivity index (χ4v) is 1.73. The van der Waals surface area contributed by atoms with E-state index in [1.807, 2.05) is 19.1 Å². The van der Waals surface area contributed by atoms with Gasteiger partial charge in [-0.1, -0.05) is 26.0 Å². The first-order chi connectivity index (χ1) is 8.49. The normalized spacial score (nSPS) is 10.7. The van der Waals surface area contributed by atoms with Gasteiger partial charge in [0.2, 0.25) is 0 Å². The van der Waals surface area contributed by atoms with E-state index in [9.17, 15) is 4.79 Å². The second kappa shape index (κ2) is 7.04. The number of benzene rings is 1. The number of hydrogen-bond acceptors (Lipinski definition) is 2. The number of carboxylic acids is 1. The van der Waals surface area contributed by atoms with Gasteiger partial charge in [0.15, 0.2) is 0 Å². The van der Waals surface area contributed by atoms with Crippen LogP contribution in [0.25, 0.3) is 0 Å². The average Bonchev–Trinajstić information content (AvgIpc) is 2.27. The fraction of sp³-hybridized carbons (Fsp3) is 0.533. The Morgan fingerprint density at radius 2 is 2.11 bits per heavy atom. The van der Waals surface area contributed by atoms with Gasteiger partial charge >= 0.3 is 5.97 Å². The minimum Gasteiger partial charge on any atom is -0.493 e. The molecule has 0 saturated heterocycles. The summed E-state index contributed by atoms with van der Waals surface area (Å²) in [7, 11) is 0. The lowest BCUT2D eigenvalue weighted by molar-refractivity contribution is -0.137. The molecule has 0 spiro atoms. The van der Waals surface area contributed by atoms with Crippen LogP contribution >= 0.6 is 0 Å². The van der Waals surface area contributed by atoms with Crippen molar-refractivity contribution in [1.29, 1.82) is 0 Å². The number of rotatable bonds is 7. The third-order valence-electron chi connectivity index (χ3n) is 2.67. The quantitative estimate of drug-likeness (QED) is 0.806. The minimum atomic E-state index is -0.733. The summed E-state index contributed by atoms with van der Waals surface area (Å²) in [5.74, 6) is 0.703. The van der Waals surface area contributed by atoms with Gasteiger partial charge in [0.05, 0.1) is 6.61 Å². The van der Waals surface area contributed by atoms with Crippen LogP contribution in [-0.2, 0) is 11.2 Å². The Kier molecular flexibility index (Phi) is 5.69.